The fraction of sp³-hybridized carbons (Fsp3) is 1.00. The third kappa shape index (κ3) is 4.66. The van der Waals surface area contributed by atoms with Crippen LogP contribution in [0.4, 0.5) is 0 Å². The second-order valence-corrected chi connectivity index (χ2v) is 11.2. The van der Waals surface area contributed by atoms with Crippen LogP contribution < -0.4 is 0 Å². The van der Waals surface area contributed by atoms with Crippen molar-refractivity contribution in [2.75, 3.05) is 0 Å². The fourth-order valence-corrected chi connectivity index (χ4v) is 9.36. The van der Waals surface area contributed by atoms with Gasteiger partial charge in [0.1, 0.15) is 0 Å². The first-order valence-corrected chi connectivity index (χ1v) is 10.5. The molecule has 0 atom stereocenters. The molecule has 2 aliphatic carbocycles. The minimum absolute atomic E-state index is 0.0177. The molecule has 1 heteroatoms. The van der Waals surface area contributed by atoms with Crippen LogP contribution in [0.2, 0.25) is 7.87 Å². The molecule has 84 valence electrons. The van der Waals surface area contributed by atoms with Gasteiger partial charge in [0, 0.05) is 0 Å². The van der Waals surface area contributed by atoms with Crippen LogP contribution in [-0.4, -0.2) is 21.1 Å². The first-order chi connectivity index (χ1) is 7.45. The van der Waals surface area contributed by atoms with Crippen molar-refractivity contribution in [3.8, 4) is 0 Å². The van der Waals surface area contributed by atoms with Crippen molar-refractivity contribution in [1.82, 2.24) is 0 Å². The van der Waals surface area contributed by atoms with E-state index in [-0.39, 0.29) is 21.1 Å². The van der Waals surface area contributed by atoms with Crippen LogP contribution in [0.1, 0.15) is 77.0 Å². The maximum absolute atomic E-state index is 1.63. The van der Waals surface area contributed by atoms with Gasteiger partial charge in [-0.05, 0) is 0 Å². The molecule has 0 spiro atoms. The zero-order valence-electron chi connectivity index (χ0n) is 10.1. The van der Waals surface area contributed by atoms with Gasteiger partial charge < -0.3 is 0 Å². The number of hydrogen-bond donors (Lipinski definition) is 0. The third-order valence-electron chi connectivity index (χ3n) is 4.18. The molecule has 0 unspecified atom stereocenters. The van der Waals surface area contributed by atoms with Crippen molar-refractivity contribution in [3.63, 3.8) is 0 Å². The van der Waals surface area contributed by atoms with Crippen molar-refractivity contribution in [2.45, 2.75) is 84.9 Å². The van der Waals surface area contributed by atoms with E-state index < -0.39 is 0 Å². The molecule has 0 amide bonds. The Morgan fingerprint density at radius 2 is 0.800 bits per heavy atom. The van der Waals surface area contributed by atoms with Gasteiger partial charge >= 0.3 is 106 Å². The van der Waals surface area contributed by atoms with Gasteiger partial charge in [0.05, 0.1) is 0 Å². The normalized spacial score (nSPS) is 26.7. The van der Waals surface area contributed by atoms with Gasteiger partial charge in [-0.15, -0.1) is 0 Å². The van der Waals surface area contributed by atoms with E-state index in [4.69, 9.17) is 0 Å². The summed E-state index contributed by atoms with van der Waals surface area (Å²) in [5.74, 6) is 0. The SMILES string of the molecule is C1CCC[CH]([Sn+2][CH]2CCCCCC2)CC1. The quantitative estimate of drug-likeness (QED) is 0.498. The summed E-state index contributed by atoms with van der Waals surface area (Å²) in [6, 6.07) is 0. The summed E-state index contributed by atoms with van der Waals surface area (Å²) in [7, 11) is 0. The fourth-order valence-electron chi connectivity index (χ4n) is 3.23. The molecule has 0 N–H and O–H groups in total. The van der Waals surface area contributed by atoms with E-state index in [0.29, 0.717) is 0 Å². The molecule has 2 rings (SSSR count). The molecule has 0 aromatic heterocycles. The van der Waals surface area contributed by atoms with Crippen LogP contribution >= 0.6 is 0 Å². The van der Waals surface area contributed by atoms with Crippen LogP contribution in [0.5, 0.6) is 0 Å². The molecule has 15 heavy (non-hydrogen) atoms. The van der Waals surface area contributed by atoms with Gasteiger partial charge in [-0.1, -0.05) is 0 Å². The Labute approximate surface area is 106 Å². The second-order valence-electron chi connectivity index (χ2n) is 5.54. The monoisotopic (exact) mass is 314 g/mol. The zero-order chi connectivity index (χ0) is 10.3. The summed E-state index contributed by atoms with van der Waals surface area (Å²) in [6.07, 6.45) is 19.0. The van der Waals surface area contributed by atoms with Crippen molar-refractivity contribution in [3.05, 3.63) is 0 Å². The topological polar surface area (TPSA) is 0 Å². The summed E-state index contributed by atoms with van der Waals surface area (Å²) in [6.45, 7) is 0. The molecule has 0 heterocycles. The molecule has 0 radical (unpaired) electrons. The van der Waals surface area contributed by atoms with E-state index in [1.165, 1.54) is 7.87 Å². The van der Waals surface area contributed by atoms with Crippen molar-refractivity contribution in [2.24, 2.45) is 0 Å². The van der Waals surface area contributed by atoms with Gasteiger partial charge in [0.15, 0.2) is 0 Å². The van der Waals surface area contributed by atoms with E-state index in [1.54, 1.807) is 77.0 Å². The summed E-state index contributed by atoms with van der Waals surface area (Å²) in [5, 5.41) is 0. The Bertz CT molecular complexity index is 133. The van der Waals surface area contributed by atoms with E-state index in [2.05, 4.69) is 0 Å². The Morgan fingerprint density at radius 1 is 0.467 bits per heavy atom. The molecular weight excluding hydrogens is 287 g/mol. The van der Waals surface area contributed by atoms with Gasteiger partial charge in [-0.3, -0.25) is 0 Å². The Balaban J connectivity index is 1.73. The first kappa shape index (κ1) is 12.3. The van der Waals surface area contributed by atoms with Crippen LogP contribution in [0, 0.1) is 0 Å². The van der Waals surface area contributed by atoms with Crippen molar-refractivity contribution >= 4 is 21.1 Å². The average molecular weight is 313 g/mol. The average Bonchev–Trinajstić information content (AvgIpc) is 2.63. The van der Waals surface area contributed by atoms with Crippen molar-refractivity contribution in [1.29, 1.82) is 0 Å². The molecule has 0 saturated heterocycles. The molecule has 0 bridgehead atoms. The van der Waals surface area contributed by atoms with Crippen LogP contribution in [0.3, 0.4) is 0 Å². The molecule has 0 nitrogen and oxygen atoms in total. The zero-order valence-corrected chi connectivity index (χ0v) is 13.0. The Hall–Kier alpha value is 0.799. The van der Waals surface area contributed by atoms with Gasteiger partial charge in [0.2, 0.25) is 0 Å². The Morgan fingerprint density at radius 3 is 1.13 bits per heavy atom. The number of rotatable bonds is 2. The Kier molecular flexibility index (Phi) is 5.88. The molecule has 2 saturated carbocycles. The molecule has 2 fully saturated rings. The molecule has 2 aliphatic rings. The predicted molar refractivity (Wildman–Crippen MR) is 68.7 cm³/mol. The minimum atomic E-state index is -0.0177. The van der Waals surface area contributed by atoms with Crippen LogP contribution in [0.15, 0.2) is 0 Å². The van der Waals surface area contributed by atoms with Gasteiger partial charge in [0.25, 0.3) is 0 Å². The standard InChI is InChI=1S/2C7H13.Sn/c2*1-2-4-6-7-5-3-1;/h2*1H,2-7H2;/q;;+2. The second kappa shape index (κ2) is 7.19. The predicted octanol–water partition coefficient (Wildman–Crippen LogP) is 4.98. The van der Waals surface area contributed by atoms with E-state index in [0.717, 1.165) is 0 Å². The van der Waals surface area contributed by atoms with Crippen LogP contribution in [0.25, 0.3) is 0 Å². The van der Waals surface area contributed by atoms with Gasteiger partial charge in [-0.2, -0.15) is 0 Å². The molecular formula is C14H26Sn+2. The third-order valence-corrected chi connectivity index (χ3v) is 10.2. The van der Waals surface area contributed by atoms with E-state index in [1.807, 2.05) is 0 Å². The summed E-state index contributed by atoms with van der Waals surface area (Å²) < 4.78 is 2.55. The van der Waals surface area contributed by atoms with Crippen LogP contribution in [-0.2, 0) is 0 Å². The molecule has 0 aromatic carbocycles. The van der Waals surface area contributed by atoms with E-state index in [9.17, 15) is 0 Å². The summed E-state index contributed by atoms with van der Waals surface area (Å²) in [4.78, 5) is 0. The van der Waals surface area contributed by atoms with E-state index >= 15 is 0 Å². The molecule has 0 aromatic rings. The van der Waals surface area contributed by atoms with Crippen molar-refractivity contribution < 1.29 is 0 Å². The molecule has 0 aliphatic heterocycles. The maximum atomic E-state index is 1.63. The number of hydrogen-bond acceptors (Lipinski definition) is 0. The van der Waals surface area contributed by atoms with Gasteiger partial charge in [-0.25, -0.2) is 0 Å². The summed E-state index contributed by atoms with van der Waals surface area (Å²) in [5.41, 5.74) is 0. The summed E-state index contributed by atoms with van der Waals surface area (Å²) >= 11 is -0.0177. The first-order valence-electron chi connectivity index (χ1n) is 7.21.